The highest BCUT2D eigenvalue weighted by atomic mass is 79.9. The Labute approximate surface area is 312 Å². The van der Waals surface area contributed by atoms with E-state index >= 15 is 0 Å². The van der Waals surface area contributed by atoms with Crippen molar-refractivity contribution in [2.24, 2.45) is 5.73 Å². The lowest BCUT2D eigenvalue weighted by atomic mass is 10.0. The number of amides is 3. The summed E-state index contributed by atoms with van der Waals surface area (Å²) in [5.41, 5.74) is 6.39. The number of nitrogens with one attached hydrogen (secondary N) is 1. The van der Waals surface area contributed by atoms with Crippen molar-refractivity contribution >= 4 is 45.3 Å². The Balaban J connectivity index is 1.38. The predicted octanol–water partition coefficient (Wildman–Crippen LogP) is 5.19. The molecule has 3 heterocycles. The molecule has 3 aromatic carbocycles. The molecule has 276 valence electrons. The zero-order chi connectivity index (χ0) is 38.0. The average molecular weight is 817 g/mol. The number of alkyl halides is 3. The number of imidazole rings is 1. The second-order valence-electron chi connectivity index (χ2n) is 11.9. The first kappa shape index (κ1) is 37.2. The number of nitrogens with two attached hydrogens (primary N) is 1. The Kier molecular flexibility index (Phi) is 10.7. The molecule has 1 aliphatic heterocycles. The van der Waals surface area contributed by atoms with Crippen LogP contribution in [-0.4, -0.2) is 67.5 Å². The van der Waals surface area contributed by atoms with Crippen LogP contribution >= 0.6 is 27.5 Å². The Morgan fingerprint density at radius 2 is 1.77 bits per heavy atom. The summed E-state index contributed by atoms with van der Waals surface area (Å²) in [5.74, 6) is -1.49. The van der Waals surface area contributed by atoms with Gasteiger partial charge in [-0.1, -0.05) is 17.7 Å². The molecule has 13 nitrogen and oxygen atoms in total. The van der Waals surface area contributed by atoms with Crippen molar-refractivity contribution in [2.45, 2.75) is 32.2 Å². The lowest BCUT2D eigenvalue weighted by Crippen LogP contribution is -2.41. The molecule has 5 aromatic rings. The Morgan fingerprint density at radius 3 is 2.43 bits per heavy atom. The molecule has 0 bridgehead atoms. The molecular weight excluding hydrogens is 787 g/mol. The van der Waals surface area contributed by atoms with Gasteiger partial charge in [0, 0.05) is 47.1 Å². The number of carbonyl (C=O) groups excluding carboxylic acids is 3. The normalized spacial score (nSPS) is 13.3. The lowest BCUT2D eigenvalue weighted by molar-refractivity contribution is -0.153. The number of aromatic nitrogens is 4. The highest BCUT2D eigenvalue weighted by Crippen LogP contribution is 2.29. The van der Waals surface area contributed by atoms with Crippen LogP contribution in [0, 0.1) is 0 Å². The topological polar surface area (TPSA) is 156 Å². The fraction of sp³-hybridized carbons (Fsp3) is 0.229. The van der Waals surface area contributed by atoms with Gasteiger partial charge in [-0.2, -0.15) is 18.3 Å². The third-order valence-corrected chi connectivity index (χ3v) is 9.53. The van der Waals surface area contributed by atoms with Gasteiger partial charge in [0.2, 0.25) is 0 Å². The van der Waals surface area contributed by atoms with Gasteiger partial charge in [0.15, 0.2) is 13.2 Å². The fourth-order valence-corrected chi connectivity index (χ4v) is 6.29. The number of hydrogen-bond acceptors (Lipinski definition) is 7. The van der Waals surface area contributed by atoms with Crippen LogP contribution in [0.15, 0.2) is 88.4 Å². The van der Waals surface area contributed by atoms with E-state index in [1.807, 2.05) is 0 Å². The zero-order valence-corrected chi connectivity index (χ0v) is 30.1. The molecule has 0 fully saturated rings. The summed E-state index contributed by atoms with van der Waals surface area (Å²) >= 11 is 9.57. The largest absolute Gasteiger partial charge is 0.484 e. The molecule has 0 aliphatic carbocycles. The summed E-state index contributed by atoms with van der Waals surface area (Å²) in [6.45, 7) is -0.0769. The third-order valence-electron chi connectivity index (χ3n) is 8.29. The summed E-state index contributed by atoms with van der Waals surface area (Å²) in [7, 11) is 0. The Morgan fingerprint density at radius 1 is 1.04 bits per heavy atom. The molecule has 0 spiro atoms. The molecule has 3 N–H and O–H groups in total. The molecule has 0 saturated heterocycles. The fourth-order valence-electron chi connectivity index (χ4n) is 5.86. The van der Waals surface area contributed by atoms with Crippen molar-refractivity contribution in [3.8, 4) is 22.9 Å². The van der Waals surface area contributed by atoms with Crippen LogP contribution in [-0.2, 0) is 17.9 Å². The average Bonchev–Trinajstić information content (AvgIpc) is 3.77. The van der Waals surface area contributed by atoms with Gasteiger partial charge in [0.25, 0.3) is 17.7 Å². The predicted molar refractivity (Wildman–Crippen MR) is 190 cm³/mol. The minimum absolute atomic E-state index is 0.0516. The third kappa shape index (κ3) is 8.25. The number of rotatable bonds is 11. The number of carbonyl (C=O) groups is 3. The second kappa shape index (κ2) is 15.2. The van der Waals surface area contributed by atoms with Gasteiger partial charge in [-0.15, -0.1) is 0 Å². The van der Waals surface area contributed by atoms with Crippen molar-refractivity contribution in [1.82, 2.24) is 29.1 Å². The van der Waals surface area contributed by atoms with Gasteiger partial charge in [0.05, 0.1) is 34.7 Å². The maximum Gasteiger partial charge on any atom is 0.422 e. The summed E-state index contributed by atoms with van der Waals surface area (Å²) in [6.07, 6.45) is -1.32. The number of primary amides is 1. The van der Waals surface area contributed by atoms with Crippen molar-refractivity contribution in [3.05, 3.63) is 122 Å². The molecule has 1 aliphatic rings. The van der Waals surface area contributed by atoms with E-state index in [0.717, 1.165) is 4.57 Å². The lowest BCUT2D eigenvalue weighted by Gasteiger charge is -2.28. The van der Waals surface area contributed by atoms with E-state index in [4.69, 9.17) is 26.8 Å². The number of hydrogen-bond donors (Lipinski definition) is 2. The van der Waals surface area contributed by atoms with Crippen LogP contribution in [0.5, 0.6) is 11.5 Å². The molecule has 1 atom stereocenters. The first-order valence-corrected chi connectivity index (χ1v) is 17.1. The van der Waals surface area contributed by atoms with E-state index in [-0.39, 0.29) is 55.0 Å². The maximum atomic E-state index is 14.4. The second-order valence-corrected chi connectivity index (χ2v) is 13.2. The minimum Gasteiger partial charge on any atom is -0.484 e. The van der Waals surface area contributed by atoms with Crippen molar-refractivity contribution in [1.29, 1.82) is 0 Å². The van der Waals surface area contributed by atoms with Crippen molar-refractivity contribution in [2.75, 3.05) is 19.8 Å². The number of fused-ring (bicyclic) bond motifs is 1. The molecule has 2 aromatic heterocycles. The standard InChI is InChI=1S/C35H30BrClF3N7O6/c1-20(25-9-8-24(52-18-30(41)48)16-28(25)46-12-2-11-42-46)43-32(49)31-29-17-44(33(50)21-3-10-26(36)27(37)15-21)13-14-45(29)34(51)47(31)22-4-6-23(7-5-22)53-19-35(38,39)40/h2-12,15-16,20H,13-14,17-19H2,1H3,(H2,41,48)(H,43,49). The number of benzene rings is 3. The molecule has 0 radical (unpaired) electrons. The minimum atomic E-state index is -4.56. The van der Waals surface area contributed by atoms with E-state index < -0.39 is 36.3 Å². The van der Waals surface area contributed by atoms with Gasteiger partial charge in [0.1, 0.15) is 17.2 Å². The van der Waals surface area contributed by atoms with Crippen LogP contribution in [0.2, 0.25) is 5.02 Å². The maximum absolute atomic E-state index is 14.4. The number of nitrogens with zero attached hydrogens (tertiary/aromatic N) is 5. The van der Waals surface area contributed by atoms with Crippen molar-refractivity contribution in [3.63, 3.8) is 0 Å². The van der Waals surface area contributed by atoms with Crippen LogP contribution in [0.4, 0.5) is 13.2 Å². The van der Waals surface area contributed by atoms with E-state index in [1.54, 1.807) is 60.4 Å². The quantitative estimate of drug-likeness (QED) is 0.186. The Bertz CT molecular complexity index is 2240. The first-order valence-electron chi connectivity index (χ1n) is 15.9. The smallest absolute Gasteiger partial charge is 0.422 e. The zero-order valence-electron chi connectivity index (χ0n) is 27.8. The van der Waals surface area contributed by atoms with Crippen LogP contribution < -0.4 is 26.2 Å². The van der Waals surface area contributed by atoms with E-state index in [2.05, 4.69) is 26.3 Å². The summed E-state index contributed by atoms with van der Waals surface area (Å²) in [6, 6.07) is 15.9. The molecule has 18 heteroatoms. The van der Waals surface area contributed by atoms with Gasteiger partial charge in [-0.05, 0) is 77.5 Å². The SMILES string of the molecule is CC(NC(=O)c1c2n(c(=O)n1-c1ccc(OCC(F)(F)F)cc1)CCN(C(=O)c1ccc(Br)c(Cl)c1)C2)c1ccc(OCC(N)=O)cc1-n1cccn1. The van der Waals surface area contributed by atoms with E-state index in [0.29, 0.717) is 32.1 Å². The monoisotopic (exact) mass is 815 g/mol. The van der Waals surface area contributed by atoms with E-state index in [1.165, 1.54) is 39.8 Å². The summed E-state index contributed by atoms with van der Waals surface area (Å²) in [4.78, 5) is 54.8. The molecule has 53 heavy (non-hydrogen) atoms. The molecule has 6 rings (SSSR count). The molecule has 3 amide bonds. The van der Waals surface area contributed by atoms with E-state index in [9.17, 15) is 32.3 Å². The summed E-state index contributed by atoms with van der Waals surface area (Å²) < 4.78 is 53.4. The van der Waals surface area contributed by atoms with Crippen LogP contribution in [0.3, 0.4) is 0 Å². The summed E-state index contributed by atoms with van der Waals surface area (Å²) in [5, 5.41) is 7.58. The number of ether oxygens (including phenoxy) is 2. The van der Waals surface area contributed by atoms with Gasteiger partial charge in [-0.3, -0.25) is 23.5 Å². The van der Waals surface area contributed by atoms with Gasteiger partial charge >= 0.3 is 11.9 Å². The van der Waals surface area contributed by atoms with Crippen LogP contribution in [0.25, 0.3) is 11.4 Å². The first-order chi connectivity index (χ1) is 25.2. The molecule has 1 unspecified atom stereocenters. The highest BCUT2D eigenvalue weighted by Gasteiger charge is 2.33. The van der Waals surface area contributed by atoms with Gasteiger partial charge < -0.3 is 25.4 Å². The molecule has 0 saturated carbocycles. The van der Waals surface area contributed by atoms with Crippen LogP contribution in [0.1, 0.15) is 45.1 Å². The Hall–Kier alpha value is -5.55. The molecular formula is C35H30BrClF3N7O6. The van der Waals surface area contributed by atoms with Crippen molar-refractivity contribution < 1.29 is 37.0 Å². The highest BCUT2D eigenvalue weighted by molar-refractivity contribution is 9.10. The van der Waals surface area contributed by atoms with Gasteiger partial charge in [-0.25, -0.2) is 9.48 Å². The number of halogens is 5.